The van der Waals surface area contributed by atoms with Gasteiger partial charge in [-0.2, -0.15) is 20.2 Å². The summed E-state index contributed by atoms with van der Waals surface area (Å²) in [4.78, 5) is 21.1. The number of thioether (sulfide) groups is 1. The normalized spacial score (nSPS) is 16.4. The highest BCUT2D eigenvalue weighted by molar-refractivity contribution is 7.99. The van der Waals surface area contributed by atoms with E-state index in [1.807, 2.05) is 6.92 Å². The highest BCUT2D eigenvalue weighted by Gasteiger charge is 2.30. The lowest BCUT2D eigenvalue weighted by Gasteiger charge is -2.15. The van der Waals surface area contributed by atoms with E-state index < -0.39 is 28.6 Å². The Morgan fingerprint density at radius 1 is 1.40 bits per heavy atom. The molecule has 0 radical (unpaired) electrons. The third-order valence-electron chi connectivity index (χ3n) is 2.64. The zero-order valence-corrected chi connectivity index (χ0v) is 14.1. The lowest BCUT2D eigenvalue weighted by atomic mass is 10.3. The molecule has 3 N–H and O–H groups in total. The van der Waals surface area contributed by atoms with Crippen LogP contribution in [0.2, 0.25) is 0 Å². The molecule has 2 atom stereocenters. The third kappa shape index (κ3) is 8.26. The molecule has 0 heterocycles. The second-order valence-electron chi connectivity index (χ2n) is 4.17. The lowest BCUT2D eigenvalue weighted by Crippen LogP contribution is -2.41. The van der Waals surface area contributed by atoms with Crippen LogP contribution in [0.4, 0.5) is 0 Å². The second kappa shape index (κ2) is 9.04. The molecule has 10 heteroatoms. The third-order valence-corrected chi connectivity index (χ3v) is 6.65. The van der Waals surface area contributed by atoms with Gasteiger partial charge in [0.1, 0.15) is 0 Å². The SMILES string of the molecule is CCSCCC(C(=O)NCCP(=O)(O)CC)S(=O)(=O)O. The average Bonchev–Trinajstić information content (AvgIpc) is 2.32. The van der Waals surface area contributed by atoms with E-state index in [1.165, 1.54) is 11.8 Å². The molecule has 20 heavy (non-hydrogen) atoms. The maximum atomic E-state index is 11.7. The molecule has 120 valence electrons. The predicted octanol–water partition coefficient (Wildman–Crippen LogP) is 0.793. The molecule has 0 aliphatic rings. The van der Waals surface area contributed by atoms with Gasteiger partial charge in [-0.1, -0.05) is 13.8 Å². The summed E-state index contributed by atoms with van der Waals surface area (Å²) in [6, 6.07) is 0. The molecule has 0 fully saturated rings. The predicted molar refractivity (Wildman–Crippen MR) is 81.2 cm³/mol. The molecular weight excluding hydrogens is 325 g/mol. The Balaban J connectivity index is 4.46. The van der Waals surface area contributed by atoms with Crippen molar-refractivity contribution in [1.82, 2.24) is 5.32 Å². The molecule has 0 saturated carbocycles. The van der Waals surface area contributed by atoms with Gasteiger partial charge < -0.3 is 10.2 Å². The molecule has 0 saturated heterocycles. The van der Waals surface area contributed by atoms with Crippen molar-refractivity contribution in [2.75, 3.05) is 30.4 Å². The molecule has 0 aromatic heterocycles. The van der Waals surface area contributed by atoms with Gasteiger partial charge >= 0.3 is 0 Å². The van der Waals surface area contributed by atoms with E-state index in [9.17, 15) is 22.7 Å². The monoisotopic (exact) mass is 347 g/mol. The lowest BCUT2D eigenvalue weighted by molar-refractivity contribution is -0.120. The molecule has 0 aromatic rings. The maximum absolute atomic E-state index is 11.7. The fraction of sp³-hybridized carbons (Fsp3) is 0.900. The quantitative estimate of drug-likeness (QED) is 0.303. The van der Waals surface area contributed by atoms with E-state index >= 15 is 0 Å². The minimum Gasteiger partial charge on any atom is -0.354 e. The van der Waals surface area contributed by atoms with Crippen LogP contribution in [0.5, 0.6) is 0 Å². The standard InChI is InChI=1S/C10H22NO6PS2/c1-3-18(13,14)7-6-11-10(12)9(20(15,16)17)5-8-19-4-2/h9H,3-8H2,1-2H3,(H,11,12)(H,13,14)(H,15,16,17). The number of rotatable bonds is 10. The summed E-state index contributed by atoms with van der Waals surface area (Å²) in [5, 5.41) is 0.760. The van der Waals surface area contributed by atoms with E-state index in [1.54, 1.807) is 6.92 Å². The van der Waals surface area contributed by atoms with Crippen molar-refractivity contribution >= 4 is 35.2 Å². The van der Waals surface area contributed by atoms with Crippen molar-refractivity contribution in [3.05, 3.63) is 0 Å². The zero-order valence-electron chi connectivity index (χ0n) is 11.6. The Hall–Kier alpha value is -0.0800. The van der Waals surface area contributed by atoms with Crippen molar-refractivity contribution in [2.24, 2.45) is 0 Å². The van der Waals surface area contributed by atoms with Crippen molar-refractivity contribution in [3.8, 4) is 0 Å². The molecule has 2 unspecified atom stereocenters. The van der Waals surface area contributed by atoms with Crippen LogP contribution in [0, 0.1) is 0 Å². The van der Waals surface area contributed by atoms with Crippen molar-refractivity contribution in [3.63, 3.8) is 0 Å². The van der Waals surface area contributed by atoms with E-state index in [0.29, 0.717) is 5.75 Å². The highest BCUT2D eigenvalue weighted by atomic mass is 32.2. The minimum absolute atomic E-state index is 0.00768. The molecular formula is C10H22NO6PS2. The Kier molecular flexibility index (Phi) is 9.01. The van der Waals surface area contributed by atoms with Gasteiger partial charge in [-0.15, -0.1) is 0 Å². The molecule has 0 aliphatic carbocycles. The molecule has 7 nitrogen and oxygen atoms in total. The number of hydrogen-bond donors (Lipinski definition) is 3. The summed E-state index contributed by atoms with van der Waals surface area (Å²) in [5.74, 6) is 0.381. The van der Waals surface area contributed by atoms with Crippen LogP contribution < -0.4 is 5.32 Å². The van der Waals surface area contributed by atoms with E-state index in [0.717, 1.165) is 5.75 Å². The topological polar surface area (TPSA) is 121 Å². The van der Waals surface area contributed by atoms with Crippen LogP contribution >= 0.6 is 19.1 Å². The van der Waals surface area contributed by atoms with Crippen molar-refractivity contribution in [1.29, 1.82) is 0 Å². The van der Waals surface area contributed by atoms with E-state index in [2.05, 4.69) is 5.32 Å². The van der Waals surface area contributed by atoms with Crippen LogP contribution in [-0.2, 0) is 19.5 Å². The Bertz CT molecular complexity index is 453. The van der Waals surface area contributed by atoms with Crippen LogP contribution in [0.3, 0.4) is 0 Å². The first kappa shape index (κ1) is 19.9. The molecule has 0 spiro atoms. The molecule has 0 aliphatic heterocycles. The number of carbonyl (C=O) groups is 1. The smallest absolute Gasteiger partial charge is 0.276 e. The van der Waals surface area contributed by atoms with Crippen LogP contribution in [0.15, 0.2) is 0 Å². The number of hydrogen-bond acceptors (Lipinski definition) is 5. The summed E-state index contributed by atoms with van der Waals surface area (Å²) in [6.07, 6.45) is -0.0113. The van der Waals surface area contributed by atoms with Gasteiger partial charge in [0.2, 0.25) is 13.3 Å². The van der Waals surface area contributed by atoms with E-state index in [-0.39, 0.29) is 25.3 Å². The summed E-state index contributed by atoms with van der Waals surface area (Å²) >= 11 is 1.46. The second-order valence-corrected chi connectivity index (χ2v) is 9.93. The number of nitrogens with one attached hydrogen (secondary N) is 1. The molecule has 0 bridgehead atoms. The van der Waals surface area contributed by atoms with Gasteiger partial charge in [0.25, 0.3) is 10.1 Å². The first-order valence-corrected chi connectivity index (χ1v) is 11.0. The first-order chi connectivity index (χ1) is 9.14. The average molecular weight is 347 g/mol. The fourth-order valence-corrected chi connectivity index (χ4v) is 3.76. The van der Waals surface area contributed by atoms with Crippen molar-refractivity contribution < 1.29 is 27.2 Å². The maximum Gasteiger partial charge on any atom is 0.276 e. The van der Waals surface area contributed by atoms with Crippen LogP contribution in [0.1, 0.15) is 20.3 Å². The van der Waals surface area contributed by atoms with Gasteiger partial charge in [0, 0.05) is 18.9 Å². The summed E-state index contributed by atoms with van der Waals surface area (Å²) in [6.45, 7) is 3.37. The Labute approximate surface area is 124 Å². The number of carbonyl (C=O) groups excluding carboxylic acids is 1. The Morgan fingerprint density at radius 3 is 2.45 bits per heavy atom. The summed E-state index contributed by atoms with van der Waals surface area (Å²) in [5.41, 5.74) is 0. The summed E-state index contributed by atoms with van der Waals surface area (Å²) in [7, 11) is -7.73. The van der Waals surface area contributed by atoms with Crippen LogP contribution in [-0.4, -0.2) is 59.4 Å². The van der Waals surface area contributed by atoms with Gasteiger partial charge in [0.15, 0.2) is 5.25 Å². The highest BCUT2D eigenvalue weighted by Crippen LogP contribution is 2.38. The Morgan fingerprint density at radius 2 is 2.00 bits per heavy atom. The zero-order chi connectivity index (χ0) is 15.8. The van der Waals surface area contributed by atoms with Crippen LogP contribution in [0.25, 0.3) is 0 Å². The van der Waals surface area contributed by atoms with E-state index in [4.69, 9.17) is 4.55 Å². The fourth-order valence-electron chi connectivity index (χ4n) is 1.38. The minimum atomic E-state index is -4.47. The number of amides is 1. The molecule has 1 amide bonds. The van der Waals surface area contributed by atoms with Gasteiger partial charge in [-0.3, -0.25) is 13.9 Å². The first-order valence-electron chi connectivity index (χ1n) is 6.26. The van der Waals surface area contributed by atoms with Gasteiger partial charge in [-0.25, -0.2) is 0 Å². The molecule has 0 rings (SSSR count). The van der Waals surface area contributed by atoms with Crippen molar-refractivity contribution in [2.45, 2.75) is 25.5 Å². The van der Waals surface area contributed by atoms with Gasteiger partial charge in [-0.05, 0) is 17.9 Å². The largest absolute Gasteiger partial charge is 0.354 e. The summed E-state index contributed by atoms with van der Waals surface area (Å²) < 4.78 is 42.8. The molecule has 0 aromatic carbocycles. The van der Waals surface area contributed by atoms with Gasteiger partial charge in [0.05, 0.1) is 0 Å².